The van der Waals surface area contributed by atoms with Crippen molar-refractivity contribution in [2.75, 3.05) is 0 Å². The van der Waals surface area contributed by atoms with Crippen molar-refractivity contribution >= 4 is 63.0 Å². The highest BCUT2D eigenvalue weighted by Crippen LogP contribution is 2.42. The third-order valence-corrected chi connectivity index (χ3v) is 10.5. The van der Waals surface area contributed by atoms with Gasteiger partial charge >= 0.3 is 0 Å². The second-order valence-electron chi connectivity index (χ2n) is 11.2. The lowest BCUT2D eigenvalue weighted by atomic mass is 9.98. The molecule has 0 saturated carbocycles. The molecule has 0 N–H and O–H groups in total. The Morgan fingerprint density at radius 2 is 1.12 bits per heavy atom. The summed E-state index contributed by atoms with van der Waals surface area (Å²) in [5.74, 6) is 0.396. The number of hydrogen-bond donors (Lipinski definition) is 0. The van der Waals surface area contributed by atoms with E-state index in [-0.39, 0.29) is 54.8 Å². The standard InChI is InChI=1S/C45H27N3S2/c1-3-11-28(12-4-1)30-15-9-16-31(25-30)34-18-10-19-38-37-24-22-33(27-41(37)50-42(34)38)45-47-43(29-13-5-2-6-14-29)46-44(48-45)32-21-23-36-35-17-7-8-20-39(35)49-40(36)26-32/h1-27H/i1D,3D,4D,9D,10D,11D,12D,15D,16D,18D,19D,22D,24D,25D,27D. The van der Waals surface area contributed by atoms with Crippen molar-refractivity contribution in [2.45, 2.75) is 0 Å². The molecule has 0 aliphatic rings. The van der Waals surface area contributed by atoms with Crippen molar-refractivity contribution in [3.63, 3.8) is 0 Å². The molecular weight excluding hydrogens is 647 g/mol. The molecule has 0 spiro atoms. The van der Waals surface area contributed by atoms with Gasteiger partial charge in [0.2, 0.25) is 0 Å². The first-order chi connectivity index (χ1) is 31.0. The molecule has 3 nitrogen and oxygen atoms in total. The summed E-state index contributed by atoms with van der Waals surface area (Å²) < 4.78 is 135. The Balaban J connectivity index is 1.25. The van der Waals surface area contributed by atoms with Gasteiger partial charge in [-0.05, 0) is 46.5 Å². The molecule has 3 aromatic heterocycles. The maximum Gasteiger partial charge on any atom is 0.164 e. The molecule has 10 aromatic rings. The number of fused-ring (bicyclic) bond motifs is 6. The first-order valence-electron chi connectivity index (χ1n) is 22.9. The van der Waals surface area contributed by atoms with Crippen LogP contribution in [0.15, 0.2) is 163 Å². The quantitative estimate of drug-likeness (QED) is 0.181. The van der Waals surface area contributed by atoms with E-state index in [2.05, 4.69) is 6.07 Å². The summed E-state index contributed by atoms with van der Waals surface area (Å²) in [6, 6.07) is 13.1. The summed E-state index contributed by atoms with van der Waals surface area (Å²) in [5, 5.41) is 1.95. The highest BCUT2D eigenvalue weighted by molar-refractivity contribution is 7.26. The van der Waals surface area contributed by atoms with Crippen LogP contribution in [-0.2, 0) is 0 Å². The van der Waals surface area contributed by atoms with E-state index in [4.69, 9.17) is 30.0 Å². The van der Waals surface area contributed by atoms with E-state index < -0.39 is 101 Å². The van der Waals surface area contributed by atoms with Crippen LogP contribution in [-0.4, -0.2) is 15.0 Å². The van der Waals surface area contributed by atoms with E-state index in [1.807, 2.05) is 54.6 Å². The summed E-state index contributed by atoms with van der Waals surface area (Å²) in [4.78, 5) is 14.4. The average molecular weight is 689 g/mol. The molecule has 5 heteroatoms. The Labute approximate surface area is 317 Å². The predicted octanol–water partition coefficient (Wildman–Crippen LogP) is 12.9. The molecule has 0 atom stereocenters. The van der Waals surface area contributed by atoms with E-state index in [9.17, 15) is 5.48 Å². The summed E-state index contributed by atoms with van der Waals surface area (Å²) in [6.07, 6.45) is 0. The fourth-order valence-corrected chi connectivity index (χ4v) is 8.14. The van der Waals surface area contributed by atoms with Crippen LogP contribution in [0.1, 0.15) is 20.6 Å². The zero-order valence-corrected chi connectivity index (χ0v) is 27.2. The van der Waals surface area contributed by atoms with Gasteiger partial charge in [0.05, 0.1) is 20.6 Å². The molecule has 0 aliphatic heterocycles. The van der Waals surface area contributed by atoms with E-state index in [1.165, 1.54) is 0 Å². The maximum atomic E-state index is 9.65. The molecule has 0 amide bonds. The minimum absolute atomic E-state index is 0.0337. The predicted molar refractivity (Wildman–Crippen MR) is 213 cm³/mol. The van der Waals surface area contributed by atoms with Gasteiger partial charge in [0, 0.05) is 57.0 Å². The van der Waals surface area contributed by atoms with E-state index in [0.29, 0.717) is 11.1 Å². The number of aromatic nitrogens is 3. The monoisotopic (exact) mass is 688 g/mol. The van der Waals surface area contributed by atoms with Crippen LogP contribution in [0.25, 0.3) is 96.8 Å². The second-order valence-corrected chi connectivity index (χ2v) is 13.3. The van der Waals surface area contributed by atoms with Gasteiger partial charge in [0.25, 0.3) is 0 Å². The Bertz CT molecular complexity index is 3710. The highest BCUT2D eigenvalue weighted by atomic mass is 32.1. The normalized spacial score (nSPS) is 15.8. The van der Waals surface area contributed by atoms with Crippen LogP contribution in [0.2, 0.25) is 0 Å². The number of benzene rings is 7. The molecule has 10 rings (SSSR count). The van der Waals surface area contributed by atoms with Crippen molar-refractivity contribution in [3.05, 3.63) is 163 Å². The van der Waals surface area contributed by atoms with Crippen LogP contribution in [0.5, 0.6) is 0 Å². The fourth-order valence-electron chi connectivity index (χ4n) is 5.87. The maximum absolute atomic E-state index is 9.65. The van der Waals surface area contributed by atoms with E-state index in [0.717, 1.165) is 31.5 Å². The van der Waals surface area contributed by atoms with E-state index >= 15 is 0 Å². The molecule has 0 bridgehead atoms. The van der Waals surface area contributed by atoms with Crippen LogP contribution < -0.4 is 0 Å². The lowest BCUT2D eigenvalue weighted by Gasteiger charge is -2.09. The van der Waals surface area contributed by atoms with Crippen molar-refractivity contribution in [3.8, 4) is 56.4 Å². The molecule has 7 aromatic carbocycles. The number of rotatable bonds is 5. The highest BCUT2D eigenvalue weighted by Gasteiger charge is 2.16. The molecule has 0 unspecified atom stereocenters. The largest absolute Gasteiger partial charge is 0.208 e. The first-order valence-corrected chi connectivity index (χ1v) is 17.0. The molecule has 234 valence electrons. The molecule has 3 heterocycles. The zero-order valence-electron chi connectivity index (χ0n) is 40.6. The third kappa shape index (κ3) is 4.98. The molecule has 0 radical (unpaired) electrons. The summed E-state index contributed by atoms with van der Waals surface area (Å²) in [7, 11) is 0. The van der Waals surface area contributed by atoms with Gasteiger partial charge in [-0.15, -0.1) is 22.7 Å². The van der Waals surface area contributed by atoms with Crippen molar-refractivity contribution in [2.24, 2.45) is 0 Å². The van der Waals surface area contributed by atoms with Crippen LogP contribution in [0, 0.1) is 0 Å². The SMILES string of the molecule is [2H]c1c([2H])c([2H])c(-c2c([2H])c([2H])c([2H])c(-c3c([2H])c([2H])c([2H])c4c3sc3c([2H])c(-c5nc(-c6ccccc6)nc(-c6ccc7c(c6)sc6ccccc67)n5)c([2H])c([2H])c34)c2[2H])c([2H])c1[2H]. The van der Waals surface area contributed by atoms with Gasteiger partial charge in [-0.2, -0.15) is 0 Å². The molecule has 0 saturated heterocycles. The van der Waals surface area contributed by atoms with Gasteiger partial charge in [-0.25, -0.2) is 15.0 Å². The molecule has 50 heavy (non-hydrogen) atoms. The van der Waals surface area contributed by atoms with E-state index in [1.54, 1.807) is 23.5 Å². The van der Waals surface area contributed by atoms with Crippen molar-refractivity contribution < 1.29 is 20.6 Å². The Morgan fingerprint density at radius 1 is 0.400 bits per heavy atom. The summed E-state index contributed by atoms with van der Waals surface area (Å²) >= 11 is 2.42. The topological polar surface area (TPSA) is 38.7 Å². The molecule has 0 fully saturated rings. The lowest BCUT2D eigenvalue weighted by molar-refractivity contribution is 1.08. The van der Waals surface area contributed by atoms with Crippen LogP contribution >= 0.6 is 22.7 Å². The minimum atomic E-state index is -0.794. The first kappa shape index (κ1) is 17.6. The summed E-state index contributed by atoms with van der Waals surface area (Å²) in [5.41, 5.74) is -0.828. The van der Waals surface area contributed by atoms with Crippen molar-refractivity contribution in [1.29, 1.82) is 0 Å². The lowest BCUT2D eigenvalue weighted by Crippen LogP contribution is -2.00. The minimum Gasteiger partial charge on any atom is -0.208 e. The van der Waals surface area contributed by atoms with Gasteiger partial charge in [-0.3, -0.25) is 0 Å². The molecular formula is C45H27N3S2. The van der Waals surface area contributed by atoms with Gasteiger partial charge < -0.3 is 0 Å². The Kier molecular flexibility index (Phi) is 4.17. The van der Waals surface area contributed by atoms with Crippen molar-refractivity contribution in [1.82, 2.24) is 15.0 Å². The van der Waals surface area contributed by atoms with Gasteiger partial charge in [-0.1, -0.05) is 139 Å². The van der Waals surface area contributed by atoms with Gasteiger partial charge in [0.15, 0.2) is 17.5 Å². The molecule has 0 aliphatic carbocycles. The number of nitrogens with zero attached hydrogens (tertiary/aromatic N) is 3. The average Bonchev–Trinajstić information content (AvgIpc) is 3.90. The fraction of sp³-hybridized carbons (Fsp3) is 0. The van der Waals surface area contributed by atoms with Crippen LogP contribution in [0.4, 0.5) is 0 Å². The Hall–Kier alpha value is -6.01. The van der Waals surface area contributed by atoms with Crippen LogP contribution in [0.3, 0.4) is 0 Å². The smallest absolute Gasteiger partial charge is 0.164 e. The van der Waals surface area contributed by atoms with Gasteiger partial charge in [0.1, 0.15) is 0 Å². The third-order valence-electron chi connectivity index (χ3n) is 8.21. The zero-order chi connectivity index (χ0) is 46.1. The summed E-state index contributed by atoms with van der Waals surface area (Å²) in [6.45, 7) is 0. The Morgan fingerprint density at radius 3 is 2.00 bits per heavy atom. The second kappa shape index (κ2) is 11.8. The number of thiophene rings is 2. The number of hydrogen-bond acceptors (Lipinski definition) is 5.